The summed E-state index contributed by atoms with van der Waals surface area (Å²) in [6.07, 6.45) is 4.03. The monoisotopic (exact) mass is 554 g/mol. The lowest BCUT2D eigenvalue weighted by molar-refractivity contribution is -0.202. The van der Waals surface area contributed by atoms with Crippen LogP contribution in [0.2, 0.25) is 0 Å². The smallest absolute Gasteiger partial charge is 0.393 e. The molecule has 4 saturated carbocycles. The molecule has 4 fully saturated rings. The van der Waals surface area contributed by atoms with Crippen LogP contribution in [-0.4, -0.2) is 61.1 Å². The summed E-state index contributed by atoms with van der Waals surface area (Å²) in [4.78, 5) is 0. The van der Waals surface area contributed by atoms with E-state index >= 15 is 0 Å². The summed E-state index contributed by atoms with van der Waals surface area (Å²) >= 11 is 0. The maximum Gasteiger partial charge on any atom is 0.397 e. The van der Waals surface area contributed by atoms with Gasteiger partial charge in [0, 0.05) is 0 Å². The van der Waals surface area contributed by atoms with Crippen LogP contribution < -0.4 is 0 Å². The van der Waals surface area contributed by atoms with Crippen molar-refractivity contribution in [3.63, 3.8) is 0 Å². The molecule has 11 atom stereocenters. The second-order valence-corrected chi connectivity index (χ2v) is 14.5. The molecule has 12 heteroatoms. The molecule has 0 spiro atoms. The van der Waals surface area contributed by atoms with Gasteiger partial charge in [0.2, 0.25) is 0 Å². The number of fused-ring (bicyclic) bond motifs is 5. The maximum absolute atomic E-state index is 11.9. The van der Waals surface area contributed by atoms with E-state index in [2.05, 4.69) is 25.0 Å². The molecule has 0 aromatic carbocycles. The zero-order valence-corrected chi connectivity index (χ0v) is 23.0. The van der Waals surface area contributed by atoms with Crippen molar-refractivity contribution in [3.05, 3.63) is 0 Å². The molecule has 0 radical (unpaired) electrons. The molecule has 210 valence electrons. The van der Waals surface area contributed by atoms with E-state index < -0.39 is 44.5 Å². The topological polar surface area (TPSA) is 168 Å². The van der Waals surface area contributed by atoms with Crippen molar-refractivity contribution in [3.8, 4) is 0 Å². The van der Waals surface area contributed by atoms with Crippen molar-refractivity contribution in [1.29, 1.82) is 0 Å². The van der Waals surface area contributed by atoms with Gasteiger partial charge in [0.05, 0.1) is 24.9 Å². The van der Waals surface area contributed by atoms with E-state index in [0.29, 0.717) is 38.5 Å². The Labute approximate surface area is 215 Å². The van der Waals surface area contributed by atoms with Crippen molar-refractivity contribution in [2.75, 3.05) is 6.61 Å². The molecule has 0 aliphatic heterocycles. The third-order valence-corrected chi connectivity index (χ3v) is 11.7. The van der Waals surface area contributed by atoms with Crippen molar-refractivity contribution >= 4 is 20.8 Å². The van der Waals surface area contributed by atoms with Gasteiger partial charge < -0.3 is 10.2 Å². The van der Waals surface area contributed by atoms with E-state index in [4.69, 9.17) is 8.74 Å². The molecule has 4 aliphatic carbocycles. The average molecular weight is 555 g/mol. The minimum absolute atomic E-state index is 0.00384. The number of aliphatic hydroxyl groups is 2. The van der Waals surface area contributed by atoms with Crippen LogP contribution in [0.25, 0.3) is 0 Å². The van der Waals surface area contributed by atoms with Crippen LogP contribution in [0, 0.1) is 46.3 Å². The van der Waals surface area contributed by atoms with Crippen LogP contribution >= 0.6 is 0 Å². The Morgan fingerprint density at radius 2 is 1.64 bits per heavy atom. The lowest BCUT2D eigenvalue weighted by atomic mass is 9.43. The number of hydrogen-bond donors (Lipinski definition) is 4. The second kappa shape index (κ2) is 10.0. The molecule has 0 amide bonds. The molecule has 36 heavy (non-hydrogen) atoms. The third kappa shape index (κ3) is 5.38. The fraction of sp³-hybridized carbons (Fsp3) is 1.00. The lowest BCUT2D eigenvalue weighted by Crippen LogP contribution is -2.63. The van der Waals surface area contributed by atoms with E-state index in [9.17, 15) is 31.6 Å². The lowest BCUT2D eigenvalue weighted by Gasteiger charge is -2.63. The molecule has 0 unspecified atom stereocenters. The summed E-state index contributed by atoms with van der Waals surface area (Å²) in [6, 6.07) is 0. The zero-order valence-electron chi connectivity index (χ0n) is 21.3. The summed E-state index contributed by atoms with van der Waals surface area (Å²) in [7, 11) is -9.15. The SMILES string of the molecule is C[C@H](CCCOS(=O)(=O)O)[C@H]1CC[C@H]2[C@@H]3[C@H](OS(=O)(=O)O)C[C@H]4C[C@H](O)CC[C@]4(C)[C@H]3C[C@H](O)[C@]12C. The van der Waals surface area contributed by atoms with Crippen molar-refractivity contribution in [1.82, 2.24) is 0 Å². The van der Waals surface area contributed by atoms with Gasteiger partial charge >= 0.3 is 20.8 Å². The zero-order chi connectivity index (χ0) is 26.7. The van der Waals surface area contributed by atoms with E-state index in [1.165, 1.54) is 0 Å². The van der Waals surface area contributed by atoms with Gasteiger partial charge in [-0.25, -0.2) is 8.37 Å². The minimum atomic E-state index is -4.67. The quantitative estimate of drug-likeness (QED) is 0.258. The molecular formula is C24H42O10S2. The molecule has 4 N–H and O–H groups in total. The molecule has 4 aliphatic rings. The number of rotatable bonds is 8. The summed E-state index contributed by atoms with van der Waals surface area (Å²) in [6.45, 7) is 6.27. The van der Waals surface area contributed by atoms with Crippen molar-refractivity contribution in [2.45, 2.75) is 96.9 Å². The molecule has 0 bridgehead atoms. The van der Waals surface area contributed by atoms with Crippen LogP contribution in [0.5, 0.6) is 0 Å². The van der Waals surface area contributed by atoms with Gasteiger partial charge in [-0.05, 0) is 104 Å². The standard InChI is InChI=1S/C24H42O10S2/c1-14(5-4-10-33-35(27,28)29)17-6-7-18-22-19(13-21(26)24(17,18)3)23(2)9-8-16(25)11-15(23)12-20(22)34-36(30,31)32/h14-22,25-26H,4-13H2,1-3H3,(H,27,28,29)(H,30,31,32)/t14-,15-,16-,17-,18+,19+,20-,21+,22+,23+,24-/m1/s1. The van der Waals surface area contributed by atoms with Gasteiger partial charge in [-0.3, -0.25) is 9.11 Å². The summed E-state index contributed by atoms with van der Waals surface area (Å²) in [5.74, 6) is 0.203. The van der Waals surface area contributed by atoms with Gasteiger partial charge in [0.15, 0.2) is 0 Å². The Morgan fingerprint density at radius 3 is 2.28 bits per heavy atom. The summed E-state index contributed by atoms with van der Waals surface area (Å²) < 4.78 is 73.6. The second-order valence-electron chi connectivity index (χ2n) is 12.4. The number of hydrogen-bond acceptors (Lipinski definition) is 8. The first-order valence-electron chi connectivity index (χ1n) is 13.2. The predicted octanol–water partition coefficient (Wildman–Crippen LogP) is 3.01. The molecule has 0 saturated heterocycles. The molecular weight excluding hydrogens is 512 g/mol. The maximum atomic E-state index is 11.9. The molecule has 0 aromatic rings. The summed E-state index contributed by atoms with van der Waals surface area (Å²) in [5.41, 5.74) is -0.634. The number of aliphatic hydroxyl groups excluding tert-OH is 2. The molecule has 10 nitrogen and oxygen atoms in total. The van der Waals surface area contributed by atoms with E-state index in [0.717, 1.165) is 19.3 Å². The van der Waals surface area contributed by atoms with Gasteiger partial charge in [-0.2, -0.15) is 16.8 Å². The highest BCUT2D eigenvalue weighted by Crippen LogP contribution is 2.68. The fourth-order valence-electron chi connectivity index (χ4n) is 9.13. The van der Waals surface area contributed by atoms with Crippen LogP contribution in [0.3, 0.4) is 0 Å². The largest absolute Gasteiger partial charge is 0.397 e. The van der Waals surface area contributed by atoms with Gasteiger partial charge in [-0.15, -0.1) is 0 Å². The van der Waals surface area contributed by atoms with Gasteiger partial charge in [0.1, 0.15) is 0 Å². The van der Waals surface area contributed by atoms with Crippen LogP contribution in [-0.2, 0) is 29.2 Å². The fourth-order valence-corrected chi connectivity index (χ4v) is 9.98. The Kier molecular flexibility index (Phi) is 7.96. The Balaban J connectivity index is 1.59. The van der Waals surface area contributed by atoms with Gasteiger partial charge in [0.25, 0.3) is 0 Å². The van der Waals surface area contributed by atoms with Gasteiger partial charge in [-0.1, -0.05) is 20.8 Å². The van der Waals surface area contributed by atoms with Crippen LogP contribution in [0.1, 0.15) is 78.6 Å². The van der Waals surface area contributed by atoms with Crippen LogP contribution in [0.15, 0.2) is 0 Å². The van der Waals surface area contributed by atoms with Crippen LogP contribution in [0.4, 0.5) is 0 Å². The highest BCUT2D eigenvalue weighted by molar-refractivity contribution is 7.81. The molecule has 0 heterocycles. The first kappa shape index (κ1) is 28.7. The molecule has 0 aromatic heterocycles. The van der Waals surface area contributed by atoms with E-state index in [1.807, 2.05) is 0 Å². The van der Waals surface area contributed by atoms with E-state index in [-0.39, 0.29) is 47.5 Å². The molecule has 4 rings (SSSR count). The van der Waals surface area contributed by atoms with E-state index in [1.54, 1.807) is 0 Å². The van der Waals surface area contributed by atoms with Crippen molar-refractivity contribution in [2.24, 2.45) is 46.3 Å². The Bertz CT molecular complexity index is 1020. The average Bonchev–Trinajstić information content (AvgIpc) is 3.10. The minimum Gasteiger partial charge on any atom is -0.393 e. The Morgan fingerprint density at radius 1 is 0.944 bits per heavy atom. The van der Waals surface area contributed by atoms with Crippen molar-refractivity contribution < 1.29 is 44.5 Å². The Hall–Kier alpha value is -0.340. The highest BCUT2D eigenvalue weighted by atomic mass is 32.3. The summed E-state index contributed by atoms with van der Waals surface area (Å²) in [5, 5.41) is 22.0. The normalized spacial score (nSPS) is 46.0. The first-order valence-corrected chi connectivity index (χ1v) is 15.9. The first-order chi connectivity index (χ1) is 16.6. The highest BCUT2D eigenvalue weighted by Gasteiger charge is 2.66. The third-order valence-electron chi connectivity index (χ3n) is 10.8. The predicted molar refractivity (Wildman–Crippen MR) is 130 cm³/mol.